The topological polar surface area (TPSA) is 184 Å². The molecule has 0 atom stereocenters. The minimum atomic E-state index is -0.742. The number of aromatic nitrogens is 2. The fraction of sp³-hybridized carbons (Fsp3) is 0.0370. The van der Waals surface area contributed by atoms with Gasteiger partial charge in [-0.05, 0) is 55.5 Å². The number of halogens is 1. The van der Waals surface area contributed by atoms with Crippen LogP contribution in [0.2, 0.25) is 5.02 Å². The molecule has 0 fully saturated rings. The monoisotopic (exact) mass is 526 g/mol. The van der Waals surface area contributed by atoms with E-state index in [0.717, 1.165) is 5.69 Å². The van der Waals surface area contributed by atoms with Gasteiger partial charge in [0.1, 0.15) is 17.3 Å². The molecule has 0 spiro atoms. The van der Waals surface area contributed by atoms with E-state index in [-0.39, 0.29) is 22.9 Å². The van der Waals surface area contributed by atoms with E-state index in [0.29, 0.717) is 22.0 Å². The maximum absolute atomic E-state index is 12.4. The number of nitrogens with zero attached hydrogens (tertiary/aromatic N) is 2. The standard InChI is InChI=1S/C21H16ClN7O2.C6H7N/c1-11(24)17(25)20(31)26-15-4-2-3-12(9-15)18-16(10-23)19(30)29-21(28-18)27-14-7-5-13(22)6-8-14;7-6-4-2-1-3-5-6/h2-9,24-25H,1H3,(H,26,31)(H2,27,28,29,30);1-5H,7H2. The molecule has 190 valence electrons. The number of H-pyrrole nitrogens is 1. The third-order valence-electron chi connectivity index (χ3n) is 4.93. The first-order chi connectivity index (χ1) is 18.2. The van der Waals surface area contributed by atoms with Gasteiger partial charge in [0.05, 0.1) is 11.4 Å². The summed E-state index contributed by atoms with van der Waals surface area (Å²) in [6.45, 7) is 1.34. The Balaban J connectivity index is 0.000000494. The quantitative estimate of drug-likeness (QED) is 0.152. The molecule has 0 aliphatic heterocycles. The average Bonchev–Trinajstić information content (AvgIpc) is 2.90. The van der Waals surface area contributed by atoms with Crippen LogP contribution in [-0.4, -0.2) is 27.3 Å². The zero-order valence-electron chi connectivity index (χ0n) is 20.2. The molecular formula is C27H23ClN8O2. The summed E-state index contributed by atoms with van der Waals surface area (Å²) in [4.78, 5) is 31.4. The number of nitriles is 1. The van der Waals surface area contributed by atoms with Crippen molar-refractivity contribution >= 4 is 51.9 Å². The first-order valence-corrected chi connectivity index (χ1v) is 11.5. The Kier molecular flexibility index (Phi) is 9.07. The molecule has 0 aliphatic carbocycles. The molecule has 0 saturated carbocycles. The number of carbonyl (C=O) groups excluding carboxylic acids is 1. The van der Waals surface area contributed by atoms with Crippen LogP contribution in [-0.2, 0) is 4.79 Å². The minimum Gasteiger partial charge on any atom is -0.399 e. The van der Waals surface area contributed by atoms with E-state index < -0.39 is 17.2 Å². The van der Waals surface area contributed by atoms with Crippen LogP contribution in [0, 0.1) is 22.1 Å². The molecule has 38 heavy (non-hydrogen) atoms. The largest absolute Gasteiger partial charge is 0.399 e. The number of carbonyl (C=O) groups is 1. The van der Waals surface area contributed by atoms with Crippen LogP contribution in [0.1, 0.15) is 12.5 Å². The third-order valence-corrected chi connectivity index (χ3v) is 5.19. The molecule has 0 unspecified atom stereocenters. The third kappa shape index (κ3) is 7.36. The number of para-hydroxylation sites is 1. The van der Waals surface area contributed by atoms with Gasteiger partial charge in [0.25, 0.3) is 11.5 Å². The highest BCUT2D eigenvalue weighted by Gasteiger charge is 2.16. The van der Waals surface area contributed by atoms with Crippen LogP contribution in [0.4, 0.5) is 23.0 Å². The number of nitrogens with one attached hydrogen (secondary N) is 5. The van der Waals surface area contributed by atoms with Gasteiger partial charge in [-0.3, -0.25) is 20.0 Å². The van der Waals surface area contributed by atoms with Crippen LogP contribution in [0.25, 0.3) is 11.3 Å². The van der Waals surface area contributed by atoms with Crippen LogP contribution in [0.5, 0.6) is 0 Å². The van der Waals surface area contributed by atoms with E-state index in [1.165, 1.54) is 13.0 Å². The summed E-state index contributed by atoms with van der Waals surface area (Å²) < 4.78 is 0. The Morgan fingerprint density at radius 3 is 2.29 bits per heavy atom. The summed E-state index contributed by atoms with van der Waals surface area (Å²) in [5.74, 6) is -0.619. The predicted octanol–water partition coefficient (Wildman–Crippen LogP) is 4.97. The van der Waals surface area contributed by atoms with E-state index in [2.05, 4.69) is 20.6 Å². The molecule has 0 saturated heterocycles. The summed E-state index contributed by atoms with van der Waals surface area (Å²) in [6.07, 6.45) is 0. The van der Waals surface area contributed by atoms with Gasteiger partial charge in [-0.25, -0.2) is 4.98 Å². The Bertz CT molecular complexity index is 1580. The molecule has 10 nitrogen and oxygen atoms in total. The molecule has 4 rings (SSSR count). The zero-order chi connectivity index (χ0) is 27.7. The molecule has 0 bridgehead atoms. The van der Waals surface area contributed by atoms with Crippen LogP contribution < -0.4 is 21.9 Å². The van der Waals surface area contributed by atoms with Gasteiger partial charge in [-0.15, -0.1) is 0 Å². The van der Waals surface area contributed by atoms with Crippen molar-refractivity contribution in [2.45, 2.75) is 6.92 Å². The van der Waals surface area contributed by atoms with E-state index in [4.69, 9.17) is 28.2 Å². The molecule has 1 amide bonds. The van der Waals surface area contributed by atoms with Crippen LogP contribution in [0.3, 0.4) is 0 Å². The van der Waals surface area contributed by atoms with Crippen molar-refractivity contribution in [3.63, 3.8) is 0 Å². The molecule has 0 radical (unpaired) electrons. The number of nitrogen functional groups attached to an aromatic ring is 1. The fourth-order valence-electron chi connectivity index (χ4n) is 3.08. The van der Waals surface area contributed by atoms with E-state index >= 15 is 0 Å². The highest BCUT2D eigenvalue weighted by atomic mass is 35.5. The smallest absolute Gasteiger partial charge is 0.275 e. The number of anilines is 4. The lowest BCUT2D eigenvalue weighted by atomic mass is 10.1. The van der Waals surface area contributed by atoms with Gasteiger partial charge in [-0.1, -0.05) is 41.9 Å². The number of aromatic amines is 1. The predicted molar refractivity (Wildman–Crippen MR) is 150 cm³/mol. The maximum atomic E-state index is 12.4. The van der Waals surface area contributed by atoms with Crippen molar-refractivity contribution in [1.29, 1.82) is 16.1 Å². The van der Waals surface area contributed by atoms with Gasteiger partial charge < -0.3 is 21.8 Å². The molecule has 1 heterocycles. The molecule has 1 aromatic heterocycles. The lowest BCUT2D eigenvalue weighted by molar-refractivity contribution is -0.110. The Morgan fingerprint density at radius 2 is 1.71 bits per heavy atom. The Labute approximate surface area is 223 Å². The summed E-state index contributed by atoms with van der Waals surface area (Å²) in [5, 5.41) is 30.5. The minimum absolute atomic E-state index is 0.122. The molecule has 3 aromatic carbocycles. The van der Waals surface area contributed by atoms with Gasteiger partial charge in [0.15, 0.2) is 0 Å². The fourth-order valence-corrected chi connectivity index (χ4v) is 3.20. The summed E-state index contributed by atoms with van der Waals surface area (Å²) in [5.41, 5.74) is 6.22. The van der Waals surface area contributed by atoms with E-state index in [1.54, 1.807) is 42.5 Å². The molecule has 4 aromatic rings. The van der Waals surface area contributed by atoms with Crippen molar-refractivity contribution < 1.29 is 4.79 Å². The van der Waals surface area contributed by atoms with E-state index in [9.17, 15) is 14.9 Å². The lowest BCUT2D eigenvalue weighted by Gasteiger charge is -2.11. The number of amides is 1. The number of hydrogen-bond donors (Lipinski definition) is 6. The second-order valence-corrected chi connectivity index (χ2v) is 8.26. The Morgan fingerprint density at radius 1 is 1.03 bits per heavy atom. The lowest BCUT2D eigenvalue weighted by Crippen LogP contribution is -2.27. The van der Waals surface area contributed by atoms with Crippen molar-refractivity contribution in [2.24, 2.45) is 0 Å². The molecular weight excluding hydrogens is 504 g/mol. The van der Waals surface area contributed by atoms with Gasteiger partial charge >= 0.3 is 0 Å². The summed E-state index contributed by atoms with van der Waals surface area (Å²) in [6, 6.07) is 24.5. The number of benzene rings is 3. The van der Waals surface area contributed by atoms with Crippen LogP contribution >= 0.6 is 11.6 Å². The van der Waals surface area contributed by atoms with Gasteiger partial charge in [0, 0.05) is 27.6 Å². The first-order valence-electron chi connectivity index (χ1n) is 11.1. The summed E-state index contributed by atoms with van der Waals surface area (Å²) in [7, 11) is 0. The molecule has 11 heteroatoms. The first kappa shape index (κ1) is 27.3. The number of hydrogen-bond acceptors (Lipinski definition) is 8. The van der Waals surface area contributed by atoms with Crippen LogP contribution in [0.15, 0.2) is 83.7 Å². The molecule has 7 N–H and O–H groups in total. The Hall–Kier alpha value is -5.27. The van der Waals surface area contributed by atoms with Crippen molar-refractivity contribution in [3.8, 4) is 17.3 Å². The van der Waals surface area contributed by atoms with Crippen molar-refractivity contribution in [2.75, 3.05) is 16.4 Å². The second kappa shape index (κ2) is 12.6. The molecule has 0 aliphatic rings. The highest BCUT2D eigenvalue weighted by molar-refractivity contribution is 6.66. The van der Waals surface area contributed by atoms with Crippen molar-refractivity contribution in [3.05, 3.63) is 99.8 Å². The van der Waals surface area contributed by atoms with Gasteiger partial charge in [0.2, 0.25) is 5.95 Å². The zero-order valence-corrected chi connectivity index (χ0v) is 20.9. The van der Waals surface area contributed by atoms with Crippen molar-refractivity contribution in [1.82, 2.24) is 9.97 Å². The summed E-state index contributed by atoms with van der Waals surface area (Å²) >= 11 is 5.88. The SMILES string of the molecule is CC(=N)C(=N)C(=O)Nc1cccc(-c2nc(Nc3ccc(Cl)cc3)[nH]c(=O)c2C#N)c1.Nc1ccccc1. The number of rotatable bonds is 6. The normalized spacial score (nSPS) is 9.82. The average molecular weight is 527 g/mol. The van der Waals surface area contributed by atoms with Gasteiger partial charge in [-0.2, -0.15) is 5.26 Å². The number of nitrogens with two attached hydrogens (primary N) is 1. The van der Waals surface area contributed by atoms with E-state index in [1.807, 2.05) is 36.4 Å². The second-order valence-electron chi connectivity index (χ2n) is 7.83. The highest BCUT2D eigenvalue weighted by Crippen LogP contribution is 2.24. The maximum Gasteiger partial charge on any atom is 0.275 e.